The molecule has 0 N–H and O–H groups in total. The quantitative estimate of drug-likeness (QED) is 0.420. The van der Waals surface area contributed by atoms with Crippen LogP contribution in [-0.2, 0) is 0 Å². The van der Waals surface area contributed by atoms with Gasteiger partial charge in [-0.1, -0.05) is 13.1 Å². The summed E-state index contributed by atoms with van der Waals surface area (Å²) in [5, 5.41) is 0. The van der Waals surface area contributed by atoms with Gasteiger partial charge in [0.05, 0.1) is 0 Å². The highest BCUT2D eigenvalue weighted by Crippen LogP contribution is 2.15. The Hall–Kier alpha value is 0.177. The second-order valence-corrected chi connectivity index (χ2v) is 7.24. The van der Waals surface area contributed by atoms with Crippen molar-refractivity contribution in [3.8, 4) is 0 Å². The third kappa shape index (κ3) is 1.28. The van der Waals surface area contributed by atoms with Crippen LogP contribution in [0.5, 0.6) is 0 Å². The lowest BCUT2D eigenvalue weighted by atomic mass is 10.5. The predicted molar refractivity (Wildman–Crippen MR) is 33.9 cm³/mol. The molecule has 0 aromatic carbocycles. The third-order valence-electron chi connectivity index (χ3n) is 1.49. The van der Waals surface area contributed by atoms with E-state index in [-0.39, 0.29) is 0 Å². The van der Waals surface area contributed by atoms with Gasteiger partial charge in [0, 0.05) is 6.54 Å². The summed E-state index contributed by atoms with van der Waals surface area (Å²) >= 11 is 0. The summed E-state index contributed by atoms with van der Waals surface area (Å²) < 4.78 is 0. The Bertz CT molecular complexity index is 62.5. The van der Waals surface area contributed by atoms with Crippen LogP contribution in [0.2, 0.25) is 19.1 Å². The van der Waals surface area contributed by atoms with Crippen molar-refractivity contribution in [3.05, 3.63) is 0 Å². The molecule has 0 atom stereocenters. The van der Waals surface area contributed by atoms with E-state index in [0.717, 1.165) is 6.54 Å². The monoisotopic (exact) mass is 114 g/mol. The Morgan fingerprint density at radius 3 is 2.29 bits per heavy atom. The fourth-order valence-corrected chi connectivity index (χ4v) is 2.92. The highest BCUT2D eigenvalue weighted by Gasteiger charge is 2.25. The van der Waals surface area contributed by atoms with Gasteiger partial charge >= 0.3 is 0 Å². The number of nitrogens with zero attached hydrogens (tertiary/aromatic N) is 1. The summed E-state index contributed by atoms with van der Waals surface area (Å²) in [6.45, 7) is 5.82. The van der Waals surface area contributed by atoms with Crippen molar-refractivity contribution in [2.45, 2.75) is 25.6 Å². The first-order valence-corrected chi connectivity index (χ1v) is 6.05. The molecule has 1 nitrogen and oxygen atoms in total. The van der Waals surface area contributed by atoms with E-state index in [4.69, 9.17) is 0 Å². The Morgan fingerprint density at radius 1 is 1.43 bits per heavy atom. The van der Waals surface area contributed by atoms with Crippen LogP contribution in [0.15, 0.2) is 0 Å². The zero-order valence-corrected chi connectivity index (χ0v) is 6.07. The fourth-order valence-electron chi connectivity index (χ4n) is 0.972. The molecule has 0 aromatic rings. The smallest absolute Gasteiger partial charge is 0.139 e. The molecule has 41 valence electrons. The van der Waals surface area contributed by atoms with Crippen LogP contribution in [0.25, 0.3) is 0 Å². The number of hydrogen-bond acceptors (Lipinski definition) is 0. The maximum absolute atomic E-state index is 4.51. The second-order valence-electron chi connectivity index (χ2n) is 2.80. The first-order chi connectivity index (χ1) is 3.21. The highest BCUT2D eigenvalue weighted by atomic mass is 28.3. The van der Waals surface area contributed by atoms with Crippen LogP contribution < -0.4 is 4.98 Å². The number of hydrogen-bond donors (Lipinski definition) is 0. The first kappa shape index (κ1) is 5.32. The maximum atomic E-state index is 4.51. The summed E-state index contributed by atoms with van der Waals surface area (Å²) in [7, 11) is -0.915. The molecule has 1 heterocycles. The van der Waals surface area contributed by atoms with Gasteiger partial charge in [0.25, 0.3) is 0 Å². The van der Waals surface area contributed by atoms with Crippen molar-refractivity contribution < 1.29 is 0 Å². The zero-order chi connectivity index (χ0) is 5.33. The Morgan fingerprint density at radius 2 is 2.14 bits per heavy atom. The van der Waals surface area contributed by atoms with Gasteiger partial charge in [-0.25, -0.2) is 0 Å². The Labute approximate surface area is 46.2 Å². The van der Waals surface area contributed by atoms with E-state index in [9.17, 15) is 0 Å². The van der Waals surface area contributed by atoms with Crippen molar-refractivity contribution >= 4 is 8.24 Å². The lowest BCUT2D eigenvalue weighted by molar-refractivity contribution is 0.918. The van der Waals surface area contributed by atoms with Gasteiger partial charge in [0.2, 0.25) is 0 Å². The van der Waals surface area contributed by atoms with Gasteiger partial charge in [0.1, 0.15) is 8.24 Å². The highest BCUT2D eigenvalue weighted by molar-refractivity contribution is 6.75. The fraction of sp³-hybridized carbons (Fsp3) is 1.00. The standard InChI is InChI=1S/C5H12NSi/c1-7(2)5-3-4-6-7/h3-5H2,1-2H3. The molecular formula is C5H12NSi. The molecule has 0 aromatic heterocycles. The van der Waals surface area contributed by atoms with Gasteiger partial charge in [-0.3, -0.25) is 4.98 Å². The van der Waals surface area contributed by atoms with Crippen LogP contribution in [0.3, 0.4) is 0 Å². The van der Waals surface area contributed by atoms with Gasteiger partial charge in [0.15, 0.2) is 0 Å². The van der Waals surface area contributed by atoms with Crippen LogP contribution in [0, 0.1) is 0 Å². The van der Waals surface area contributed by atoms with Crippen molar-refractivity contribution in [1.29, 1.82) is 0 Å². The predicted octanol–water partition coefficient (Wildman–Crippen LogP) is 1.20. The average Bonchev–Trinajstić information content (AvgIpc) is 1.84. The minimum Gasteiger partial charge on any atom is -0.270 e. The van der Waals surface area contributed by atoms with E-state index in [2.05, 4.69) is 18.1 Å². The lowest BCUT2D eigenvalue weighted by Gasteiger charge is -2.09. The zero-order valence-electron chi connectivity index (χ0n) is 5.07. The topological polar surface area (TPSA) is 14.1 Å². The molecule has 1 radical (unpaired) electrons. The molecule has 0 unspecified atom stereocenters. The maximum Gasteiger partial charge on any atom is 0.139 e. The van der Waals surface area contributed by atoms with Crippen LogP contribution in [-0.4, -0.2) is 14.8 Å². The largest absolute Gasteiger partial charge is 0.270 e. The van der Waals surface area contributed by atoms with Crippen LogP contribution >= 0.6 is 0 Å². The van der Waals surface area contributed by atoms with Crippen molar-refractivity contribution in [2.75, 3.05) is 6.54 Å². The summed E-state index contributed by atoms with van der Waals surface area (Å²) in [4.78, 5) is 4.51. The Balaban J connectivity index is 2.40. The van der Waals surface area contributed by atoms with E-state index >= 15 is 0 Å². The normalized spacial score (nSPS) is 28.3. The molecule has 1 aliphatic rings. The number of rotatable bonds is 0. The SMILES string of the molecule is C[Si]1(C)CCC[N]1. The van der Waals surface area contributed by atoms with Gasteiger partial charge in [-0.15, -0.1) is 0 Å². The summed E-state index contributed by atoms with van der Waals surface area (Å²) in [6.07, 6.45) is 1.36. The molecule has 1 aliphatic heterocycles. The molecule has 0 spiro atoms. The molecule has 7 heavy (non-hydrogen) atoms. The molecule has 1 saturated heterocycles. The van der Waals surface area contributed by atoms with E-state index in [0.29, 0.717) is 0 Å². The van der Waals surface area contributed by atoms with Crippen LogP contribution in [0.4, 0.5) is 0 Å². The minimum atomic E-state index is -0.915. The van der Waals surface area contributed by atoms with Gasteiger partial charge in [-0.2, -0.15) is 0 Å². The van der Waals surface area contributed by atoms with Crippen molar-refractivity contribution in [3.63, 3.8) is 0 Å². The molecule has 2 heteroatoms. The summed E-state index contributed by atoms with van der Waals surface area (Å²) in [5.41, 5.74) is 0. The van der Waals surface area contributed by atoms with E-state index in [1.807, 2.05) is 0 Å². The van der Waals surface area contributed by atoms with Crippen LogP contribution in [0.1, 0.15) is 6.42 Å². The molecule has 0 aliphatic carbocycles. The van der Waals surface area contributed by atoms with E-state index < -0.39 is 8.24 Å². The average molecular weight is 114 g/mol. The molecule has 1 rings (SSSR count). The van der Waals surface area contributed by atoms with Crippen molar-refractivity contribution in [2.24, 2.45) is 0 Å². The molecule has 0 saturated carbocycles. The van der Waals surface area contributed by atoms with Gasteiger partial charge < -0.3 is 0 Å². The summed E-state index contributed by atoms with van der Waals surface area (Å²) in [5.74, 6) is 0. The minimum absolute atomic E-state index is 0.915. The summed E-state index contributed by atoms with van der Waals surface area (Å²) in [6, 6.07) is 1.42. The van der Waals surface area contributed by atoms with Crippen molar-refractivity contribution in [1.82, 2.24) is 4.98 Å². The van der Waals surface area contributed by atoms with E-state index in [1.54, 1.807) is 0 Å². The first-order valence-electron chi connectivity index (χ1n) is 2.89. The Kier molecular flexibility index (Phi) is 1.21. The molecule has 0 amide bonds. The third-order valence-corrected chi connectivity index (χ3v) is 4.14. The molecule has 0 bridgehead atoms. The van der Waals surface area contributed by atoms with E-state index in [1.165, 1.54) is 12.5 Å². The lowest BCUT2D eigenvalue weighted by Crippen LogP contribution is -2.31. The molecular weight excluding hydrogens is 102 g/mol. The molecule has 1 fully saturated rings. The van der Waals surface area contributed by atoms with Gasteiger partial charge in [-0.05, 0) is 12.5 Å². The second kappa shape index (κ2) is 1.60.